The molecule has 1 heterocycles. The van der Waals surface area contributed by atoms with Gasteiger partial charge >= 0.3 is 5.97 Å². The highest BCUT2D eigenvalue weighted by Gasteiger charge is 2.07. The third-order valence-corrected chi connectivity index (χ3v) is 3.81. The van der Waals surface area contributed by atoms with Crippen LogP contribution < -0.4 is 5.32 Å². The number of nitrogens with one attached hydrogen (secondary N) is 1. The normalized spacial score (nSPS) is 10.7. The Labute approximate surface area is 126 Å². The molecule has 0 unspecified atom stereocenters. The van der Waals surface area contributed by atoms with Crippen molar-refractivity contribution >= 4 is 29.3 Å². The van der Waals surface area contributed by atoms with Crippen molar-refractivity contribution in [2.75, 3.05) is 0 Å². The molecule has 0 spiro atoms. The summed E-state index contributed by atoms with van der Waals surface area (Å²) in [5, 5.41) is 13.4. The summed E-state index contributed by atoms with van der Waals surface area (Å²) in [4.78, 5) is 23.5. The Morgan fingerprint density at radius 1 is 1.33 bits per heavy atom. The standard InChI is InChI=1S/C16H15NO3S/c1-11-3-2-4-13(9-11)16(20)17-10-14-12(7-8-21-14)5-6-15(18)19/h2-9H,10H2,1H3,(H,17,20)(H,18,19)/b6-5+. The fourth-order valence-electron chi connectivity index (χ4n) is 1.85. The quantitative estimate of drug-likeness (QED) is 0.834. The van der Waals surface area contributed by atoms with Gasteiger partial charge in [-0.15, -0.1) is 11.3 Å². The number of carboxylic acids is 1. The maximum Gasteiger partial charge on any atom is 0.328 e. The van der Waals surface area contributed by atoms with E-state index in [1.54, 1.807) is 6.07 Å². The maximum absolute atomic E-state index is 12.1. The lowest BCUT2D eigenvalue weighted by Crippen LogP contribution is -2.22. The van der Waals surface area contributed by atoms with E-state index in [4.69, 9.17) is 5.11 Å². The molecular formula is C16H15NO3S. The van der Waals surface area contributed by atoms with E-state index in [1.807, 2.05) is 36.6 Å². The Hall–Kier alpha value is -2.40. The molecule has 2 aromatic rings. The second-order valence-electron chi connectivity index (χ2n) is 4.52. The van der Waals surface area contributed by atoms with Gasteiger partial charge in [0.25, 0.3) is 5.91 Å². The van der Waals surface area contributed by atoms with E-state index in [0.29, 0.717) is 12.1 Å². The number of hydrogen-bond acceptors (Lipinski definition) is 3. The molecule has 21 heavy (non-hydrogen) atoms. The number of carbonyl (C=O) groups is 2. The predicted octanol–water partition coefficient (Wildman–Crippen LogP) is 3.08. The molecule has 1 aromatic carbocycles. The zero-order chi connectivity index (χ0) is 15.2. The smallest absolute Gasteiger partial charge is 0.328 e. The van der Waals surface area contributed by atoms with Gasteiger partial charge in [0.15, 0.2) is 0 Å². The van der Waals surface area contributed by atoms with Crippen molar-refractivity contribution in [1.29, 1.82) is 0 Å². The molecule has 0 aliphatic heterocycles. The lowest BCUT2D eigenvalue weighted by Gasteiger charge is -2.05. The lowest BCUT2D eigenvalue weighted by atomic mass is 10.1. The summed E-state index contributed by atoms with van der Waals surface area (Å²) in [6.07, 6.45) is 2.63. The SMILES string of the molecule is Cc1cccc(C(=O)NCc2sccc2/C=C/C(=O)O)c1. The van der Waals surface area contributed by atoms with Crippen LogP contribution in [0.15, 0.2) is 41.8 Å². The van der Waals surface area contributed by atoms with Gasteiger partial charge in [0.2, 0.25) is 0 Å². The van der Waals surface area contributed by atoms with Gasteiger partial charge in [-0.05, 0) is 42.1 Å². The van der Waals surface area contributed by atoms with Gasteiger partial charge in [-0.25, -0.2) is 4.79 Å². The minimum absolute atomic E-state index is 0.139. The van der Waals surface area contributed by atoms with Gasteiger partial charge < -0.3 is 10.4 Å². The summed E-state index contributed by atoms with van der Waals surface area (Å²) in [7, 11) is 0. The summed E-state index contributed by atoms with van der Waals surface area (Å²) in [6.45, 7) is 2.31. The fourth-order valence-corrected chi connectivity index (χ4v) is 2.66. The summed E-state index contributed by atoms with van der Waals surface area (Å²) in [6, 6.07) is 9.20. The van der Waals surface area contributed by atoms with Crippen molar-refractivity contribution in [3.8, 4) is 0 Å². The number of thiophene rings is 1. The molecule has 108 valence electrons. The zero-order valence-electron chi connectivity index (χ0n) is 11.5. The monoisotopic (exact) mass is 301 g/mol. The van der Waals surface area contributed by atoms with Crippen LogP contribution in [0.1, 0.15) is 26.4 Å². The van der Waals surface area contributed by atoms with Crippen LogP contribution in [0.25, 0.3) is 6.08 Å². The molecule has 1 aromatic heterocycles. The number of amides is 1. The van der Waals surface area contributed by atoms with E-state index in [2.05, 4.69) is 5.32 Å². The van der Waals surface area contributed by atoms with Gasteiger partial charge in [0, 0.05) is 16.5 Å². The van der Waals surface area contributed by atoms with Crippen LogP contribution in [-0.2, 0) is 11.3 Å². The third-order valence-electron chi connectivity index (χ3n) is 2.88. The van der Waals surface area contributed by atoms with Crippen LogP contribution >= 0.6 is 11.3 Å². The molecule has 2 N–H and O–H groups in total. The molecule has 0 bridgehead atoms. The lowest BCUT2D eigenvalue weighted by molar-refractivity contribution is -0.131. The van der Waals surface area contributed by atoms with E-state index in [0.717, 1.165) is 22.1 Å². The number of aliphatic carboxylic acids is 1. The van der Waals surface area contributed by atoms with Crippen LogP contribution in [0.2, 0.25) is 0 Å². The predicted molar refractivity (Wildman–Crippen MR) is 83.3 cm³/mol. The van der Waals surface area contributed by atoms with Crippen molar-refractivity contribution in [2.45, 2.75) is 13.5 Å². The first-order valence-electron chi connectivity index (χ1n) is 6.38. The van der Waals surface area contributed by atoms with Crippen molar-refractivity contribution in [3.05, 3.63) is 63.4 Å². The second kappa shape index (κ2) is 6.85. The molecule has 0 saturated carbocycles. The molecular weight excluding hydrogens is 286 g/mol. The topological polar surface area (TPSA) is 66.4 Å². The van der Waals surface area contributed by atoms with E-state index in [9.17, 15) is 9.59 Å². The van der Waals surface area contributed by atoms with Crippen LogP contribution in [0, 0.1) is 6.92 Å². The van der Waals surface area contributed by atoms with Gasteiger partial charge in [0.1, 0.15) is 0 Å². The van der Waals surface area contributed by atoms with Crippen LogP contribution in [0.3, 0.4) is 0 Å². The molecule has 0 aliphatic carbocycles. The largest absolute Gasteiger partial charge is 0.478 e. The number of carboxylic acid groups (broad SMARTS) is 1. The highest BCUT2D eigenvalue weighted by molar-refractivity contribution is 7.10. The minimum atomic E-state index is -0.990. The molecule has 0 fully saturated rings. The maximum atomic E-state index is 12.1. The number of hydrogen-bond donors (Lipinski definition) is 2. The third kappa shape index (κ3) is 4.29. The Bertz CT molecular complexity index is 688. The van der Waals surface area contributed by atoms with Crippen LogP contribution in [-0.4, -0.2) is 17.0 Å². The molecule has 0 atom stereocenters. The van der Waals surface area contributed by atoms with E-state index in [1.165, 1.54) is 17.4 Å². The Kier molecular flexibility index (Phi) is 4.90. The summed E-state index contributed by atoms with van der Waals surface area (Å²) < 4.78 is 0. The first-order valence-corrected chi connectivity index (χ1v) is 7.26. The number of aryl methyl sites for hydroxylation is 1. The van der Waals surface area contributed by atoms with Gasteiger partial charge in [0.05, 0.1) is 6.54 Å². The van der Waals surface area contributed by atoms with E-state index >= 15 is 0 Å². The van der Waals surface area contributed by atoms with Gasteiger partial charge in [-0.1, -0.05) is 17.7 Å². The number of rotatable bonds is 5. The zero-order valence-corrected chi connectivity index (χ0v) is 12.3. The van der Waals surface area contributed by atoms with E-state index in [-0.39, 0.29) is 5.91 Å². The molecule has 4 nitrogen and oxygen atoms in total. The molecule has 0 saturated heterocycles. The van der Waals surface area contributed by atoms with Crippen molar-refractivity contribution in [1.82, 2.24) is 5.32 Å². The molecule has 2 rings (SSSR count). The Morgan fingerprint density at radius 3 is 2.86 bits per heavy atom. The molecule has 0 aliphatic rings. The summed E-state index contributed by atoms with van der Waals surface area (Å²) in [5.41, 5.74) is 2.46. The van der Waals surface area contributed by atoms with Gasteiger partial charge in [-0.3, -0.25) is 4.79 Å². The van der Waals surface area contributed by atoms with E-state index < -0.39 is 5.97 Å². The van der Waals surface area contributed by atoms with Crippen molar-refractivity contribution < 1.29 is 14.7 Å². The average molecular weight is 301 g/mol. The van der Waals surface area contributed by atoms with Crippen molar-refractivity contribution in [2.24, 2.45) is 0 Å². The van der Waals surface area contributed by atoms with Crippen LogP contribution in [0.5, 0.6) is 0 Å². The fraction of sp³-hybridized carbons (Fsp3) is 0.125. The highest BCUT2D eigenvalue weighted by Crippen LogP contribution is 2.18. The molecule has 5 heteroatoms. The Balaban J connectivity index is 2.02. The highest BCUT2D eigenvalue weighted by atomic mass is 32.1. The number of benzene rings is 1. The van der Waals surface area contributed by atoms with Gasteiger partial charge in [-0.2, -0.15) is 0 Å². The number of carbonyl (C=O) groups excluding carboxylic acids is 1. The Morgan fingerprint density at radius 2 is 2.14 bits per heavy atom. The summed E-state index contributed by atoms with van der Waals surface area (Å²) in [5.74, 6) is -1.13. The van der Waals surface area contributed by atoms with Crippen LogP contribution in [0.4, 0.5) is 0 Å². The summed E-state index contributed by atoms with van der Waals surface area (Å²) >= 11 is 1.48. The average Bonchev–Trinajstić information content (AvgIpc) is 2.90. The molecule has 1 amide bonds. The first-order chi connectivity index (χ1) is 10.1. The minimum Gasteiger partial charge on any atom is -0.478 e. The first kappa shape index (κ1) is 15.0. The van der Waals surface area contributed by atoms with Crippen molar-refractivity contribution in [3.63, 3.8) is 0 Å². The molecule has 0 radical (unpaired) electrons. The second-order valence-corrected chi connectivity index (χ2v) is 5.52.